The molecular formula is C11H24N2O7S2. The summed E-state index contributed by atoms with van der Waals surface area (Å²) < 4.78 is 52.2. The molecule has 2 atom stereocenters. The van der Waals surface area contributed by atoms with Crippen molar-refractivity contribution in [3.05, 3.63) is 0 Å². The number of hydrogen-bond donors (Lipinski definition) is 3. The van der Waals surface area contributed by atoms with E-state index in [4.69, 9.17) is 4.55 Å². The van der Waals surface area contributed by atoms with Gasteiger partial charge in [-0.25, -0.2) is 8.42 Å². The van der Waals surface area contributed by atoms with Crippen molar-refractivity contribution in [2.45, 2.75) is 12.2 Å². The molecule has 1 saturated heterocycles. The third-order valence-corrected chi connectivity index (χ3v) is 5.10. The molecule has 1 aliphatic rings. The molecule has 1 aliphatic heterocycles. The zero-order valence-electron chi connectivity index (χ0n) is 12.5. The van der Waals surface area contributed by atoms with Crippen LogP contribution in [-0.4, -0.2) is 111 Å². The normalized spacial score (nSPS) is 21.6. The second-order valence-corrected chi connectivity index (χ2v) is 9.43. The lowest BCUT2D eigenvalue weighted by Gasteiger charge is -2.36. The van der Waals surface area contributed by atoms with Crippen LogP contribution in [0.5, 0.6) is 0 Å². The van der Waals surface area contributed by atoms with Crippen LogP contribution in [0.1, 0.15) is 0 Å². The van der Waals surface area contributed by atoms with Gasteiger partial charge < -0.3 is 10.2 Å². The van der Waals surface area contributed by atoms with E-state index in [-0.39, 0.29) is 18.8 Å². The number of aliphatic hydroxyl groups excluding tert-OH is 2. The van der Waals surface area contributed by atoms with Crippen molar-refractivity contribution in [3.8, 4) is 0 Å². The molecular weight excluding hydrogens is 336 g/mol. The van der Waals surface area contributed by atoms with Crippen LogP contribution in [0.2, 0.25) is 0 Å². The molecule has 0 radical (unpaired) electrons. The first-order chi connectivity index (χ1) is 9.94. The van der Waals surface area contributed by atoms with E-state index in [9.17, 15) is 27.0 Å². The second-order valence-electron chi connectivity index (χ2n) is 5.75. The van der Waals surface area contributed by atoms with Gasteiger partial charge in [0.15, 0.2) is 0 Å². The molecule has 3 N–H and O–H groups in total. The average Bonchev–Trinajstić information content (AvgIpc) is 2.26. The molecule has 0 spiro atoms. The lowest BCUT2D eigenvalue weighted by molar-refractivity contribution is 0.0586. The summed E-state index contributed by atoms with van der Waals surface area (Å²) in [7, 11) is -7.41. The molecule has 0 amide bonds. The van der Waals surface area contributed by atoms with Crippen molar-refractivity contribution in [1.29, 1.82) is 0 Å². The van der Waals surface area contributed by atoms with E-state index in [0.29, 0.717) is 26.2 Å². The zero-order valence-corrected chi connectivity index (χ0v) is 14.1. The Bertz CT molecular complexity index is 491. The second kappa shape index (κ2) is 7.99. The maximum atomic E-state index is 11.1. The number of β-amino-alcohol motifs (C(OH)–C–C–N with tert-alkyl or cyclic N) is 2. The first kappa shape index (κ1) is 19.7. The van der Waals surface area contributed by atoms with Crippen LogP contribution in [0.4, 0.5) is 0 Å². The fourth-order valence-electron chi connectivity index (χ4n) is 2.45. The summed E-state index contributed by atoms with van der Waals surface area (Å²) in [5.74, 6) is -0.972. The minimum atomic E-state index is -4.20. The van der Waals surface area contributed by atoms with Crippen molar-refractivity contribution < 1.29 is 31.6 Å². The summed E-state index contributed by atoms with van der Waals surface area (Å²) in [4.78, 5) is 3.77. The van der Waals surface area contributed by atoms with Gasteiger partial charge in [0.2, 0.25) is 0 Å². The Morgan fingerprint density at radius 2 is 1.23 bits per heavy atom. The third-order valence-electron chi connectivity index (χ3n) is 3.30. The van der Waals surface area contributed by atoms with E-state index < -0.39 is 37.9 Å². The summed E-state index contributed by atoms with van der Waals surface area (Å²) in [5.41, 5.74) is 0. The van der Waals surface area contributed by atoms with Crippen LogP contribution in [0, 0.1) is 0 Å². The molecule has 1 heterocycles. The molecule has 22 heavy (non-hydrogen) atoms. The summed E-state index contributed by atoms with van der Waals surface area (Å²) in [6, 6.07) is 0. The minimum absolute atomic E-state index is 0.138. The highest BCUT2D eigenvalue weighted by molar-refractivity contribution is 7.90. The average molecular weight is 360 g/mol. The SMILES string of the molecule is CS(=O)(=O)C[C@@H](O)CN1CCN(C[C@@H](O)CS(=O)(=O)O)CC1. The number of nitrogens with zero attached hydrogens (tertiary/aromatic N) is 2. The van der Waals surface area contributed by atoms with Gasteiger partial charge in [0.05, 0.1) is 18.0 Å². The maximum absolute atomic E-state index is 11.1. The summed E-state index contributed by atoms with van der Waals surface area (Å²) in [6.45, 7) is 2.69. The highest BCUT2D eigenvalue weighted by Gasteiger charge is 2.23. The van der Waals surface area contributed by atoms with Gasteiger partial charge in [-0.15, -0.1) is 0 Å². The lowest BCUT2D eigenvalue weighted by atomic mass is 10.2. The van der Waals surface area contributed by atoms with Crippen LogP contribution in [0.25, 0.3) is 0 Å². The molecule has 0 aromatic rings. The monoisotopic (exact) mass is 360 g/mol. The van der Waals surface area contributed by atoms with Gasteiger partial charge in [0.1, 0.15) is 15.6 Å². The quantitative estimate of drug-likeness (QED) is 0.394. The zero-order chi connectivity index (χ0) is 17.0. The summed E-state index contributed by atoms with van der Waals surface area (Å²) in [6.07, 6.45) is -1.02. The molecule has 0 unspecified atom stereocenters. The minimum Gasteiger partial charge on any atom is -0.391 e. The van der Waals surface area contributed by atoms with Crippen LogP contribution >= 0.6 is 0 Å². The van der Waals surface area contributed by atoms with Gasteiger partial charge in [0, 0.05) is 45.5 Å². The van der Waals surface area contributed by atoms with Gasteiger partial charge in [-0.2, -0.15) is 8.42 Å². The van der Waals surface area contributed by atoms with Crippen molar-refractivity contribution in [2.24, 2.45) is 0 Å². The Morgan fingerprint density at radius 3 is 1.55 bits per heavy atom. The Hall–Kier alpha value is -0.300. The first-order valence-electron chi connectivity index (χ1n) is 6.88. The molecule has 9 nitrogen and oxygen atoms in total. The highest BCUT2D eigenvalue weighted by atomic mass is 32.2. The highest BCUT2D eigenvalue weighted by Crippen LogP contribution is 2.05. The number of hydrogen-bond acceptors (Lipinski definition) is 8. The predicted octanol–water partition coefficient (Wildman–Crippen LogP) is -2.74. The summed E-state index contributed by atoms with van der Waals surface area (Å²) in [5, 5.41) is 19.3. The number of piperazine rings is 1. The van der Waals surface area contributed by atoms with E-state index in [1.807, 2.05) is 9.80 Å². The van der Waals surface area contributed by atoms with E-state index in [0.717, 1.165) is 6.26 Å². The topological polar surface area (TPSA) is 135 Å². The van der Waals surface area contributed by atoms with Crippen LogP contribution in [0.15, 0.2) is 0 Å². The molecule has 0 saturated carbocycles. The number of aliphatic hydroxyl groups is 2. The van der Waals surface area contributed by atoms with Crippen molar-refractivity contribution in [2.75, 3.05) is 57.0 Å². The van der Waals surface area contributed by atoms with E-state index in [1.54, 1.807) is 0 Å². The standard InChI is InChI=1S/C11H24N2O7S2/c1-21(16,17)8-10(14)6-12-2-4-13(5-3-12)7-11(15)9-22(18,19)20/h10-11,14-15H,2-9H2,1H3,(H,18,19,20)/t10-,11+/m0/s1. The van der Waals surface area contributed by atoms with E-state index in [2.05, 4.69) is 0 Å². The number of rotatable bonds is 8. The van der Waals surface area contributed by atoms with E-state index >= 15 is 0 Å². The maximum Gasteiger partial charge on any atom is 0.267 e. The molecule has 0 aromatic carbocycles. The Labute approximate surface area is 131 Å². The van der Waals surface area contributed by atoms with Crippen LogP contribution in [-0.2, 0) is 20.0 Å². The molecule has 132 valence electrons. The molecule has 1 fully saturated rings. The molecule has 1 rings (SSSR count). The summed E-state index contributed by atoms with van der Waals surface area (Å²) >= 11 is 0. The smallest absolute Gasteiger partial charge is 0.267 e. The Morgan fingerprint density at radius 1 is 0.864 bits per heavy atom. The predicted molar refractivity (Wildman–Crippen MR) is 81.0 cm³/mol. The van der Waals surface area contributed by atoms with Gasteiger partial charge in [0.25, 0.3) is 10.1 Å². The largest absolute Gasteiger partial charge is 0.391 e. The van der Waals surface area contributed by atoms with Gasteiger partial charge in [-0.1, -0.05) is 0 Å². The Kier molecular flexibility index (Phi) is 7.18. The van der Waals surface area contributed by atoms with E-state index in [1.165, 1.54) is 0 Å². The molecule has 0 aromatic heterocycles. The first-order valence-corrected chi connectivity index (χ1v) is 10.6. The molecule has 0 bridgehead atoms. The number of sulfone groups is 1. The van der Waals surface area contributed by atoms with Crippen LogP contribution < -0.4 is 0 Å². The lowest BCUT2D eigenvalue weighted by Crippen LogP contribution is -2.51. The van der Waals surface area contributed by atoms with Crippen molar-refractivity contribution in [1.82, 2.24) is 9.80 Å². The fraction of sp³-hybridized carbons (Fsp3) is 1.00. The van der Waals surface area contributed by atoms with Gasteiger partial charge >= 0.3 is 0 Å². The van der Waals surface area contributed by atoms with Crippen molar-refractivity contribution >= 4 is 20.0 Å². The van der Waals surface area contributed by atoms with Crippen molar-refractivity contribution in [3.63, 3.8) is 0 Å². The third kappa shape index (κ3) is 8.98. The molecule has 0 aliphatic carbocycles. The van der Waals surface area contributed by atoms with Crippen LogP contribution in [0.3, 0.4) is 0 Å². The Balaban J connectivity index is 2.31. The van der Waals surface area contributed by atoms with Gasteiger partial charge in [-0.05, 0) is 0 Å². The fourth-order valence-corrected chi connectivity index (χ4v) is 3.84. The van der Waals surface area contributed by atoms with Gasteiger partial charge in [-0.3, -0.25) is 14.4 Å². The molecule has 11 heteroatoms.